The number of benzene rings is 1. The molecule has 4 fully saturated rings. The zero-order chi connectivity index (χ0) is 16.3. The molecule has 2 aromatic rings. The minimum Gasteiger partial charge on any atom is -0.337 e. The van der Waals surface area contributed by atoms with E-state index >= 15 is 0 Å². The third-order valence-electron chi connectivity index (χ3n) is 7.17. The second-order valence-corrected chi connectivity index (χ2v) is 9.11. The standard InChI is InChI=1S/C21H29N3/c1-12(2)19(21-22-17-5-3-4-6-18(17)23-21)24-20-15-8-13-7-14(10-15)11-16(20)9-13/h3-6,12-16,19-20,24H,7-11H2,1-2H3,(H,22,23)/p+1/t13?,14?,15?,16?,19-,20?/m0/s1. The largest absolute Gasteiger partial charge is 0.337 e. The molecule has 0 aliphatic heterocycles. The quantitative estimate of drug-likeness (QED) is 0.886. The Kier molecular flexibility index (Phi) is 3.48. The molecule has 3 N–H and O–H groups in total. The topological polar surface area (TPSA) is 45.3 Å². The molecule has 1 aromatic carbocycles. The summed E-state index contributed by atoms with van der Waals surface area (Å²) in [4.78, 5) is 8.54. The van der Waals surface area contributed by atoms with E-state index in [1.54, 1.807) is 0 Å². The van der Waals surface area contributed by atoms with Crippen LogP contribution in [0.3, 0.4) is 0 Å². The van der Waals surface area contributed by atoms with Crippen molar-refractivity contribution in [2.24, 2.45) is 29.6 Å². The number of H-pyrrole nitrogens is 1. The van der Waals surface area contributed by atoms with E-state index in [-0.39, 0.29) is 0 Å². The number of imidazole rings is 1. The normalized spacial score (nSPS) is 35.9. The molecule has 4 aliphatic carbocycles. The van der Waals surface area contributed by atoms with Gasteiger partial charge in [-0.3, -0.25) is 0 Å². The Bertz CT molecular complexity index is 671. The van der Waals surface area contributed by atoms with Crippen LogP contribution in [-0.4, -0.2) is 16.0 Å². The maximum Gasteiger partial charge on any atom is 0.166 e. The van der Waals surface area contributed by atoms with E-state index in [1.807, 2.05) is 0 Å². The third kappa shape index (κ3) is 2.40. The number of aromatic amines is 1. The van der Waals surface area contributed by atoms with Crippen molar-refractivity contribution in [1.82, 2.24) is 9.97 Å². The second kappa shape index (κ2) is 5.59. The average Bonchev–Trinajstić information content (AvgIpc) is 2.96. The van der Waals surface area contributed by atoms with E-state index in [2.05, 4.69) is 48.4 Å². The van der Waals surface area contributed by atoms with Gasteiger partial charge < -0.3 is 10.3 Å². The first-order chi connectivity index (χ1) is 11.7. The second-order valence-electron chi connectivity index (χ2n) is 9.11. The van der Waals surface area contributed by atoms with Gasteiger partial charge in [-0.25, -0.2) is 4.98 Å². The lowest BCUT2D eigenvalue weighted by Gasteiger charge is -2.53. The van der Waals surface area contributed by atoms with Crippen molar-refractivity contribution in [2.45, 2.75) is 58.0 Å². The number of nitrogens with zero attached hydrogens (tertiary/aromatic N) is 1. The molecule has 0 unspecified atom stereocenters. The molecule has 1 heterocycles. The summed E-state index contributed by atoms with van der Waals surface area (Å²) in [5.41, 5.74) is 2.29. The average molecular weight is 324 g/mol. The summed E-state index contributed by atoms with van der Waals surface area (Å²) >= 11 is 0. The number of nitrogens with one attached hydrogen (secondary N) is 1. The fraction of sp³-hybridized carbons (Fsp3) is 0.667. The van der Waals surface area contributed by atoms with E-state index in [1.165, 1.54) is 43.4 Å². The molecule has 0 radical (unpaired) electrons. The fourth-order valence-electron chi connectivity index (χ4n) is 6.28. The van der Waals surface area contributed by atoms with E-state index in [4.69, 9.17) is 4.98 Å². The lowest BCUT2D eigenvalue weighted by molar-refractivity contribution is -0.751. The first-order valence-electron chi connectivity index (χ1n) is 9.97. The molecule has 3 nitrogen and oxygen atoms in total. The van der Waals surface area contributed by atoms with E-state index in [9.17, 15) is 0 Å². The Labute approximate surface area is 144 Å². The lowest BCUT2D eigenvalue weighted by Crippen LogP contribution is -2.96. The Hall–Kier alpha value is -1.35. The van der Waals surface area contributed by atoms with Crippen LogP contribution in [0.4, 0.5) is 0 Å². The number of nitrogens with two attached hydrogens (primary N) is 1. The predicted molar refractivity (Wildman–Crippen MR) is 96.4 cm³/mol. The molecular weight excluding hydrogens is 294 g/mol. The maximum atomic E-state index is 4.93. The molecule has 4 bridgehead atoms. The van der Waals surface area contributed by atoms with Gasteiger partial charge in [0, 0.05) is 17.8 Å². The van der Waals surface area contributed by atoms with E-state index < -0.39 is 0 Å². The van der Waals surface area contributed by atoms with Gasteiger partial charge in [-0.1, -0.05) is 26.0 Å². The summed E-state index contributed by atoms with van der Waals surface area (Å²) in [6.07, 6.45) is 7.54. The van der Waals surface area contributed by atoms with Crippen LogP contribution in [0, 0.1) is 29.6 Å². The van der Waals surface area contributed by atoms with Gasteiger partial charge in [0.2, 0.25) is 0 Å². The molecule has 0 amide bonds. The minimum absolute atomic E-state index is 0.458. The van der Waals surface area contributed by atoms with Crippen LogP contribution in [-0.2, 0) is 0 Å². The van der Waals surface area contributed by atoms with Gasteiger partial charge in [-0.05, 0) is 56.1 Å². The van der Waals surface area contributed by atoms with Crippen LogP contribution in [0.15, 0.2) is 24.3 Å². The fourth-order valence-corrected chi connectivity index (χ4v) is 6.28. The molecule has 1 atom stereocenters. The number of rotatable bonds is 4. The maximum absolute atomic E-state index is 4.93. The van der Waals surface area contributed by atoms with E-state index in [0.29, 0.717) is 12.0 Å². The Morgan fingerprint density at radius 2 is 1.67 bits per heavy atom. The number of para-hydroxylation sites is 2. The first-order valence-corrected chi connectivity index (χ1v) is 9.97. The number of hydrogen-bond donors (Lipinski definition) is 2. The molecule has 0 spiro atoms. The van der Waals surface area contributed by atoms with Crippen LogP contribution in [0.1, 0.15) is 57.8 Å². The van der Waals surface area contributed by atoms with Crippen molar-refractivity contribution in [2.75, 3.05) is 0 Å². The zero-order valence-electron chi connectivity index (χ0n) is 14.9. The summed E-state index contributed by atoms with van der Waals surface area (Å²) in [5.74, 6) is 5.82. The highest BCUT2D eigenvalue weighted by atomic mass is 15.1. The van der Waals surface area contributed by atoms with Crippen LogP contribution in [0.2, 0.25) is 0 Å². The van der Waals surface area contributed by atoms with Gasteiger partial charge in [0.15, 0.2) is 5.82 Å². The number of aromatic nitrogens is 2. The summed E-state index contributed by atoms with van der Waals surface area (Å²) in [6.45, 7) is 4.70. The third-order valence-corrected chi connectivity index (χ3v) is 7.17. The molecular formula is C21H30N3+. The van der Waals surface area contributed by atoms with Crippen LogP contribution >= 0.6 is 0 Å². The molecule has 6 rings (SSSR count). The Balaban J connectivity index is 1.42. The molecule has 128 valence electrons. The summed E-state index contributed by atoms with van der Waals surface area (Å²) < 4.78 is 0. The van der Waals surface area contributed by atoms with Crippen molar-refractivity contribution in [3.05, 3.63) is 30.1 Å². The van der Waals surface area contributed by atoms with Gasteiger partial charge in [0.25, 0.3) is 0 Å². The number of hydrogen-bond acceptors (Lipinski definition) is 1. The highest BCUT2D eigenvalue weighted by Gasteiger charge is 2.51. The van der Waals surface area contributed by atoms with Crippen molar-refractivity contribution in [1.29, 1.82) is 0 Å². The van der Waals surface area contributed by atoms with Gasteiger partial charge in [0.1, 0.15) is 6.04 Å². The molecule has 0 saturated heterocycles. The van der Waals surface area contributed by atoms with Gasteiger partial charge in [-0.2, -0.15) is 0 Å². The van der Waals surface area contributed by atoms with Crippen molar-refractivity contribution in [3.63, 3.8) is 0 Å². The SMILES string of the molecule is CC(C)[C@H]([NH2+]C1C2CC3CC(C2)CC1C3)c1nc2ccccc2[nH]1. The monoisotopic (exact) mass is 324 g/mol. The number of fused-ring (bicyclic) bond motifs is 1. The first kappa shape index (κ1) is 14.9. The zero-order valence-corrected chi connectivity index (χ0v) is 14.9. The van der Waals surface area contributed by atoms with Crippen LogP contribution in [0.5, 0.6) is 0 Å². The molecule has 1 aromatic heterocycles. The summed E-state index contributed by atoms with van der Waals surface area (Å²) in [5, 5.41) is 2.72. The summed E-state index contributed by atoms with van der Waals surface area (Å²) in [6, 6.07) is 9.73. The number of quaternary nitrogens is 1. The van der Waals surface area contributed by atoms with Crippen molar-refractivity contribution < 1.29 is 5.32 Å². The smallest absolute Gasteiger partial charge is 0.166 e. The highest BCUT2D eigenvalue weighted by Crippen LogP contribution is 2.52. The molecule has 24 heavy (non-hydrogen) atoms. The van der Waals surface area contributed by atoms with Crippen LogP contribution < -0.4 is 5.32 Å². The predicted octanol–water partition coefficient (Wildman–Crippen LogP) is 3.65. The lowest BCUT2D eigenvalue weighted by atomic mass is 9.54. The van der Waals surface area contributed by atoms with Crippen LogP contribution in [0.25, 0.3) is 11.0 Å². The van der Waals surface area contributed by atoms with Crippen molar-refractivity contribution >= 4 is 11.0 Å². The van der Waals surface area contributed by atoms with Gasteiger partial charge in [0.05, 0.1) is 17.1 Å². The molecule has 4 aliphatic rings. The minimum atomic E-state index is 0.458. The summed E-state index contributed by atoms with van der Waals surface area (Å²) in [7, 11) is 0. The molecule has 4 saturated carbocycles. The van der Waals surface area contributed by atoms with Crippen molar-refractivity contribution in [3.8, 4) is 0 Å². The van der Waals surface area contributed by atoms with E-state index in [0.717, 1.165) is 35.2 Å². The Morgan fingerprint density at radius 3 is 2.29 bits per heavy atom. The van der Waals surface area contributed by atoms with Gasteiger partial charge >= 0.3 is 0 Å². The highest BCUT2D eigenvalue weighted by molar-refractivity contribution is 5.74. The molecule has 3 heteroatoms. The van der Waals surface area contributed by atoms with Gasteiger partial charge in [-0.15, -0.1) is 0 Å². The Morgan fingerprint density at radius 1 is 1.00 bits per heavy atom.